The van der Waals surface area contributed by atoms with Gasteiger partial charge in [0.1, 0.15) is 11.6 Å². The van der Waals surface area contributed by atoms with Gasteiger partial charge in [-0.25, -0.2) is 18.1 Å². The Labute approximate surface area is 139 Å². The van der Waals surface area contributed by atoms with E-state index < -0.39 is 28.7 Å². The highest BCUT2D eigenvalue weighted by Gasteiger charge is 2.16. The summed E-state index contributed by atoms with van der Waals surface area (Å²) in [4.78, 5) is 36.4. The Kier molecular flexibility index (Phi) is 3.99. The molecule has 0 radical (unpaired) electrons. The van der Waals surface area contributed by atoms with Gasteiger partial charge in [-0.15, -0.1) is 0 Å². The fraction of sp³-hybridized carbons (Fsp3) is 0.188. The average Bonchev–Trinajstić information content (AvgIpc) is 2.86. The summed E-state index contributed by atoms with van der Waals surface area (Å²) in [5.74, 6) is -2.08. The maximum Gasteiger partial charge on any atom is 0.280 e. The summed E-state index contributed by atoms with van der Waals surface area (Å²) in [6, 6.07) is 3.79. The number of carbonyl (C=O) groups excluding carboxylic acids is 1. The minimum atomic E-state index is -0.841. The third-order valence-electron chi connectivity index (χ3n) is 3.77. The van der Waals surface area contributed by atoms with Gasteiger partial charge in [-0.2, -0.15) is 0 Å². The number of hydrogen-bond donors (Lipinski definition) is 2. The van der Waals surface area contributed by atoms with Crippen LogP contribution < -0.4 is 16.5 Å². The zero-order chi connectivity index (χ0) is 18.3. The average molecular weight is 348 g/mol. The van der Waals surface area contributed by atoms with Crippen LogP contribution in [0.4, 0.5) is 8.78 Å². The second kappa shape index (κ2) is 6.00. The molecule has 0 bridgehead atoms. The Hall–Kier alpha value is -3.23. The number of nitrogens with zero attached hydrogens (tertiary/aromatic N) is 2. The molecule has 2 aromatic heterocycles. The molecule has 0 spiro atoms. The van der Waals surface area contributed by atoms with Gasteiger partial charge < -0.3 is 0 Å². The number of carbonyl (C=O) groups is 1. The number of fused-ring (bicyclic) bond motifs is 1. The number of benzene rings is 1. The Morgan fingerprint density at radius 3 is 2.40 bits per heavy atom. The number of amides is 1. The number of pyridine rings is 1. The summed E-state index contributed by atoms with van der Waals surface area (Å²) in [5.41, 5.74) is 1.60. The van der Waals surface area contributed by atoms with Crippen LogP contribution in [0.3, 0.4) is 0 Å². The van der Waals surface area contributed by atoms with E-state index in [2.05, 4.69) is 10.5 Å². The van der Waals surface area contributed by atoms with Crippen LogP contribution in [0.1, 0.15) is 19.0 Å². The second-order valence-electron chi connectivity index (χ2n) is 5.46. The van der Waals surface area contributed by atoms with Crippen molar-refractivity contribution >= 4 is 16.8 Å². The van der Waals surface area contributed by atoms with E-state index >= 15 is 0 Å². The number of rotatable bonds is 3. The standard InChI is InChI=1S/C16H14F2N4O3/c1-3-13(23)20-21-8(2)15-12(7-14(21)24)19-22(16(15)25)11-5-9(17)4-10(18)6-11/h4-7,19H,3H2,1-2H3,(H,20,23). The second-order valence-corrected chi connectivity index (χ2v) is 5.46. The van der Waals surface area contributed by atoms with Crippen molar-refractivity contribution in [3.8, 4) is 5.69 Å². The minimum absolute atomic E-state index is 0.0466. The summed E-state index contributed by atoms with van der Waals surface area (Å²) in [5, 5.41) is 2.78. The van der Waals surface area contributed by atoms with Gasteiger partial charge in [-0.1, -0.05) is 6.92 Å². The van der Waals surface area contributed by atoms with Crippen molar-refractivity contribution in [3.05, 3.63) is 62.3 Å². The number of H-pyrrole nitrogens is 1. The molecule has 0 fully saturated rings. The van der Waals surface area contributed by atoms with E-state index in [1.54, 1.807) is 6.92 Å². The molecular weight excluding hydrogens is 334 g/mol. The highest BCUT2D eigenvalue weighted by atomic mass is 19.1. The Balaban J connectivity index is 2.27. The third-order valence-corrected chi connectivity index (χ3v) is 3.77. The summed E-state index contributed by atoms with van der Waals surface area (Å²) < 4.78 is 28.8. The lowest BCUT2D eigenvalue weighted by atomic mass is 10.2. The molecule has 3 aromatic rings. The Morgan fingerprint density at radius 2 is 1.80 bits per heavy atom. The molecule has 0 aliphatic carbocycles. The lowest BCUT2D eigenvalue weighted by Gasteiger charge is -2.10. The molecule has 3 rings (SSSR count). The third kappa shape index (κ3) is 2.84. The molecule has 2 N–H and O–H groups in total. The van der Waals surface area contributed by atoms with Crippen LogP contribution in [0.15, 0.2) is 33.9 Å². The van der Waals surface area contributed by atoms with Crippen molar-refractivity contribution < 1.29 is 13.6 Å². The van der Waals surface area contributed by atoms with Gasteiger partial charge in [0.25, 0.3) is 11.1 Å². The minimum Gasteiger partial charge on any atom is -0.290 e. The first-order chi connectivity index (χ1) is 11.8. The maximum absolute atomic E-state index is 13.4. The summed E-state index contributed by atoms with van der Waals surface area (Å²) in [7, 11) is 0. The smallest absolute Gasteiger partial charge is 0.280 e. The molecule has 1 aromatic carbocycles. The van der Waals surface area contributed by atoms with E-state index in [4.69, 9.17) is 0 Å². The van der Waals surface area contributed by atoms with Crippen molar-refractivity contribution in [3.63, 3.8) is 0 Å². The molecule has 9 heteroatoms. The fourth-order valence-corrected chi connectivity index (χ4v) is 2.57. The highest BCUT2D eigenvalue weighted by Crippen LogP contribution is 2.15. The van der Waals surface area contributed by atoms with Crippen molar-refractivity contribution in [1.82, 2.24) is 14.5 Å². The van der Waals surface area contributed by atoms with E-state index in [0.29, 0.717) is 6.07 Å². The molecule has 25 heavy (non-hydrogen) atoms. The maximum atomic E-state index is 13.4. The SMILES string of the molecule is CCC(=O)Nn1c(C)c2c(=O)n(-c3cc(F)cc(F)c3)[nH]c2cc1=O. The van der Waals surface area contributed by atoms with Crippen LogP contribution in [0, 0.1) is 18.6 Å². The van der Waals surface area contributed by atoms with E-state index in [-0.39, 0.29) is 28.7 Å². The molecule has 130 valence electrons. The van der Waals surface area contributed by atoms with Crippen molar-refractivity contribution in [2.45, 2.75) is 20.3 Å². The van der Waals surface area contributed by atoms with Gasteiger partial charge >= 0.3 is 0 Å². The molecule has 0 aliphatic rings. The van der Waals surface area contributed by atoms with Crippen molar-refractivity contribution in [1.29, 1.82) is 0 Å². The molecule has 2 heterocycles. The van der Waals surface area contributed by atoms with E-state index in [1.807, 2.05) is 0 Å². The van der Waals surface area contributed by atoms with E-state index in [9.17, 15) is 23.2 Å². The van der Waals surface area contributed by atoms with Gasteiger partial charge in [-0.05, 0) is 19.1 Å². The summed E-state index contributed by atoms with van der Waals surface area (Å²) in [6.45, 7) is 3.11. The number of aromatic amines is 1. The van der Waals surface area contributed by atoms with Crippen LogP contribution in [0.2, 0.25) is 0 Å². The molecule has 0 atom stereocenters. The predicted octanol–water partition coefficient (Wildman–Crippen LogP) is 1.55. The number of hydrogen-bond acceptors (Lipinski definition) is 3. The molecule has 0 saturated heterocycles. The largest absolute Gasteiger partial charge is 0.290 e. The zero-order valence-corrected chi connectivity index (χ0v) is 13.4. The van der Waals surface area contributed by atoms with Crippen molar-refractivity contribution in [2.24, 2.45) is 0 Å². The lowest BCUT2D eigenvalue weighted by molar-refractivity contribution is -0.116. The quantitative estimate of drug-likeness (QED) is 0.753. The van der Waals surface area contributed by atoms with Gasteiger partial charge in [0.2, 0.25) is 5.91 Å². The number of aromatic nitrogens is 3. The normalized spacial score (nSPS) is 11.0. The number of aryl methyl sites for hydroxylation is 1. The Morgan fingerprint density at radius 1 is 1.16 bits per heavy atom. The summed E-state index contributed by atoms with van der Waals surface area (Å²) >= 11 is 0. The van der Waals surface area contributed by atoms with Crippen LogP contribution in [0.25, 0.3) is 16.6 Å². The van der Waals surface area contributed by atoms with Crippen LogP contribution in [-0.4, -0.2) is 20.4 Å². The summed E-state index contributed by atoms with van der Waals surface area (Å²) in [6.07, 6.45) is 0.157. The molecule has 0 aliphatic heterocycles. The van der Waals surface area contributed by atoms with Gasteiger partial charge in [-0.3, -0.25) is 24.9 Å². The fourth-order valence-electron chi connectivity index (χ4n) is 2.57. The van der Waals surface area contributed by atoms with Gasteiger partial charge in [0.15, 0.2) is 0 Å². The first-order valence-corrected chi connectivity index (χ1v) is 7.45. The first kappa shape index (κ1) is 16.6. The first-order valence-electron chi connectivity index (χ1n) is 7.45. The van der Waals surface area contributed by atoms with Crippen LogP contribution in [0.5, 0.6) is 0 Å². The lowest BCUT2D eigenvalue weighted by Crippen LogP contribution is -2.34. The number of nitrogens with one attached hydrogen (secondary N) is 2. The molecule has 7 nitrogen and oxygen atoms in total. The molecule has 1 amide bonds. The van der Waals surface area contributed by atoms with Crippen molar-refractivity contribution in [2.75, 3.05) is 5.43 Å². The predicted molar refractivity (Wildman–Crippen MR) is 87.5 cm³/mol. The number of halogens is 2. The van der Waals surface area contributed by atoms with Crippen LogP contribution >= 0.6 is 0 Å². The van der Waals surface area contributed by atoms with Crippen LogP contribution in [-0.2, 0) is 4.79 Å². The molecular formula is C16H14F2N4O3. The highest BCUT2D eigenvalue weighted by molar-refractivity contribution is 5.85. The molecule has 0 unspecified atom stereocenters. The van der Waals surface area contributed by atoms with Gasteiger partial charge in [0.05, 0.1) is 22.3 Å². The van der Waals surface area contributed by atoms with E-state index in [0.717, 1.165) is 27.6 Å². The Bertz CT molecular complexity index is 1090. The monoisotopic (exact) mass is 348 g/mol. The van der Waals surface area contributed by atoms with Gasteiger partial charge in [0, 0.05) is 18.6 Å². The topological polar surface area (TPSA) is 88.9 Å². The van der Waals surface area contributed by atoms with E-state index in [1.165, 1.54) is 6.92 Å². The molecule has 0 saturated carbocycles. The zero-order valence-electron chi connectivity index (χ0n) is 13.4.